The molecular weight excluding hydrogens is 433 g/mol. The zero-order valence-electron chi connectivity index (χ0n) is 19.7. The molecule has 2 aromatic heterocycles. The molecule has 2 amide bonds. The molecule has 3 N–H and O–H groups in total. The van der Waals surface area contributed by atoms with Gasteiger partial charge in [-0.05, 0) is 63.1 Å². The highest BCUT2D eigenvalue weighted by Crippen LogP contribution is 2.32. The van der Waals surface area contributed by atoms with Crippen LogP contribution in [0.5, 0.6) is 0 Å². The lowest BCUT2D eigenvalue weighted by Crippen LogP contribution is -2.36. The molecule has 3 heterocycles. The van der Waals surface area contributed by atoms with E-state index in [0.29, 0.717) is 41.3 Å². The highest BCUT2D eigenvalue weighted by Gasteiger charge is 2.30. The largest absolute Gasteiger partial charge is 0.369 e. The minimum atomic E-state index is -0.970. The predicted molar refractivity (Wildman–Crippen MR) is 129 cm³/mol. The Bertz CT molecular complexity index is 1270. The number of halogens is 1. The van der Waals surface area contributed by atoms with Crippen molar-refractivity contribution in [1.29, 1.82) is 0 Å². The number of benzene rings is 1. The smallest absolute Gasteiger partial charge is 0.254 e. The van der Waals surface area contributed by atoms with Crippen LogP contribution in [0.25, 0.3) is 11.1 Å². The van der Waals surface area contributed by atoms with Crippen molar-refractivity contribution in [2.75, 3.05) is 11.9 Å². The SMILES string of the molecule is CCN1Cc2c(ccnc2NC(C)c2ccc(-c3ccnc(C(C)(C)C(N)=O)c3)c(F)c2)C1=O. The van der Waals surface area contributed by atoms with Gasteiger partial charge in [0.2, 0.25) is 5.91 Å². The Labute approximate surface area is 198 Å². The van der Waals surface area contributed by atoms with E-state index in [4.69, 9.17) is 5.73 Å². The van der Waals surface area contributed by atoms with E-state index in [1.54, 1.807) is 55.4 Å². The van der Waals surface area contributed by atoms with Crippen molar-refractivity contribution < 1.29 is 14.0 Å². The summed E-state index contributed by atoms with van der Waals surface area (Å²) in [6.45, 7) is 8.38. The second-order valence-electron chi connectivity index (χ2n) is 9.03. The summed E-state index contributed by atoms with van der Waals surface area (Å²) < 4.78 is 15.2. The number of rotatable bonds is 7. The van der Waals surface area contributed by atoms with Crippen molar-refractivity contribution in [3.8, 4) is 11.1 Å². The van der Waals surface area contributed by atoms with Crippen molar-refractivity contribution >= 4 is 17.6 Å². The molecule has 7 nitrogen and oxygen atoms in total. The number of carbonyl (C=O) groups is 2. The van der Waals surface area contributed by atoms with Crippen molar-refractivity contribution in [2.45, 2.75) is 45.7 Å². The topological polar surface area (TPSA) is 101 Å². The van der Waals surface area contributed by atoms with Crippen LogP contribution in [0.4, 0.5) is 10.2 Å². The Morgan fingerprint density at radius 3 is 2.59 bits per heavy atom. The molecule has 0 bridgehead atoms. The number of aromatic nitrogens is 2. The van der Waals surface area contributed by atoms with Gasteiger partial charge in [-0.25, -0.2) is 9.37 Å². The van der Waals surface area contributed by atoms with Crippen molar-refractivity contribution in [1.82, 2.24) is 14.9 Å². The molecule has 0 fully saturated rings. The van der Waals surface area contributed by atoms with E-state index in [2.05, 4.69) is 15.3 Å². The molecule has 0 saturated carbocycles. The molecule has 34 heavy (non-hydrogen) atoms. The van der Waals surface area contributed by atoms with Crippen LogP contribution >= 0.6 is 0 Å². The van der Waals surface area contributed by atoms with E-state index in [1.165, 1.54) is 6.07 Å². The summed E-state index contributed by atoms with van der Waals surface area (Å²) in [5.41, 5.74) is 8.30. The summed E-state index contributed by atoms with van der Waals surface area (Å²) in [4.78, 5) is 34.7. The Kier molecular flexibility index (Phi) is 6.08. The maximum atomic E-state index is 15.2. The lowest BCUT2D eigenvalue weighted by molar-refractivity contribution is -0.122. The van der Waals surface area contributed by atoms with Crippen LogP contribution in [0, 0.1) is 5.82 Å². The average Bonchev–Trinajstić information content (AvgIpc) is 3.15. The number of primary amides is 1. The van der Waals surface area contributed by atoms with Gasteiger partial charge in [-0.1, -0.05) is 12.1 Å². The quantitative estimate of drug-likeness (QED) is 0.549. The molecule has 0 radical (unpaired) electrons. The van der Waals surface area contributed by atoms with Gasteiger partial charge in [-0.2, -0.15) is 0 Å². The highest BCUT2D eigenvalue weighted by molar-refractivity contribution is 5.99. The Hall–Kier alpha value is -3.81. The first kappa shape index (κ1) is 23.4. The van der Waals surface area contributed by atoms with E-state index in [1.807, 2.05) is 19.9 Å². The molecule has 176 valence electrons. The summed E-state index contributed by atoms with van der Waals surface area (Å²) in [6.07, 6.45) is 3.17. The molecule has 0 saturated heterocycles. The van der Waals surface area contributed by atoms with Crippen LogP contribution in [0.2, 0.25) is 0 Å². The maximum Gasteiger partial charge on any atom is 0.254 e. The predicted octanol–water partition coefficient (Wildman–Crippen LogP) is 4.19. The number of anilines is 1. The van der Waals surface area contributed by atoms with Gasteiger partial charge in [0, 0.05) is 35.6 Å². The monoisotopic (exact) mass is 461 g/mol. The van der Waals surface area contributed by atoms with Crippen LogP contribution in [-0.4, -0.2) is 33.2 Å². The molecule has 1 aliphatic rings. The summed E-state index contributed by atoms with van der Waals surface area (Å²) in [7, 11) is 0. The fourth-order valence-corrected chi connectivity index (χ4v) is 4.05. The van der Waals surface area contributed by atoms with Gasteiger partial charge in [0.05, 0.1) is 23.7 Å². The molecule has 8 heteroatoms. The third kappa shape index (κ3) is 4.11. The summed E-state index contributed by atoms with van der Waals surface area (Å²) in [5, 5.41) is 3.33. The number of nitrogens with one attached hydrogen (secondary N) is 1. The zero-order valence-corrected chi connectivity index (χ0v) is 19.7. The zero-order chi connectivity index (χ0) is 24.6. The summed E-state index contributed by atoms with van der Waals surface area (Å²) >= 11 is 0. The number of pyridine rings is 2. The number of hydrogen-bond acceptors (Lipinski definition) is 5. The molecule has 0 aliphatic carbocycles. The van der Waals surface area contributed by atoms with E-state index in [9.17, 15) is 9.59 Å². The molecule has 1 unspecified atom stereocenters. The fourth-order valence-electron chi connectivity index (χ4n) is 4.05. The second kappa shape index (κ2) is 8.85. The van der Waals surface area contributed by atoms with Crippen LogP contribution in [0.15, 0.2) is 48.8 Å². The fraction of sp³-hybridized carbons (Fsp3) is 0.308. The van der Waals surface area contributed by atoms with E-state index in [0.717, 1.165) is 11.1 Å². The van der Waals surface area contributed by atoms with E-state index < -0.39 is 17.1 Å². The van der Waals surface area contributed by atoms with Crippen molar-refractivity contribution in [2.24, 2.45) is 5.73 Å². The highest BCUT2D eigenvalue weighted by atomic mass is 19.1. The van der Waals surface area contributed by atoms with Gasteiger partial charge in [-0.15, -0.1) is 0 Å². The first-order valence-corrected chi connectivity index (χ1v) is 11.2. The van der Waals surface area contributed by atoms with Gasteiger partial charge in [-0.3, -0.25) is 14.6 Å². The molecule has 1 atom stereocenters. The number of hydrogen-bond donors (Lipinski definition) is 2. The molecular formula is C26H28FN5O2. The molecule has 1 aromatic carbocycles. The maximum absolute atomic E-state index is 15.2. The van der Waals surface area contributed by atoms with Gasteiger partial charge in [0.25, 0.3) is 5.91 Å². The average molecular weight is 462 g/mol. The number of amides is 2. The Morgan fingerprint density at radius 2 is 1.91 bits per heavy atom. The van der Waals surface area contributed by atoms with Crippen molar-refractivity contribution in [3.63, 3.8) is 0 Å². The molecule has 1 aliphatic heterocycles. The Morgan fingerprint density at radius 1 is 1.18 bits per heavy atom. The number of fused-ring (bicyclic) bond motifs is 1. The summed E-state index contributed by atoms with van der Waals surface area (Å²) in [6, 6.07) is 9.94. The van der Waals surface area contributed by atoms with Gasteiger partial charge < -0.3 is 16.0 Å². The number of nitrogens with two attached hydrogens (primary N) is 1. The first-order chi connectivity index (χ1) is 16.1. The van der Waals surface area contributed by atoms with Crippen molar-refractivity contribution in [3.05, 3.63) is 77.0 Å². The van der Waals surface area contributed by atoms with Crippen LogP contribution in [-0.2, 0) is 16.8 Å². The number of carbonyl (C=O) groups excluding carboxylic acids is 2. The van der Waals surface area contributed by atoms with Gasteiger partial charge in [0.15, 0.2) is 0 Å². The third-order valence-electron chi connectivity index (χ3n) is 6.48. The Balaban J connectivity index is 1.59. The standard InChI is InChI=1S/C26H28FN5O2/c1-5-32-14-20-19(24(32)33)9-11-30-23(20)31-15(2)16-6-7-18(21(27)12-16)17-8-10-29-22(13-17)26(3,4)25(28)34/h6-13,15H,5,14H2,1-4H3,(H2,28,34)(H,30,31). The van der Waals surface area contributed by atoms with Crippen LogP contribution < -0.4 is 11.1 Å². The van der Waals surface area contributed by atoms with E-state index >= 15 is 4.39 Å². The number of nitrogens with zero attached hydrogens (tertiary/aromatic N) is 3. The third-order valence-corrected chi connectivity index (χ3v) is 6.48. The first-order valence-electron chi connectivity index (χ1n) is 11.2. The molecule has 4 rings (SSSR count). The van der Waals surface area contributed by atoms with Gasteiger partial charge in [0.1, 0.15) is 11.6 Å². The minimum absolute atomic E-state index is 0.00207. The lowest BCUT2D eigenvalue weighted by Gasteiger charge is -2.21. The summed E-state index contributed by atoms with van der Waals surface area (Å²) in [5.74, 6) is -0.259. The lowest BCUT2D eigenvalue weighted by atomic mass is 9.86. The normalized spacial score (nSPS) is 14.1. The van der Waals surface area contributed by atoms with Crippen LogP contribution in [0.1, 0.15) is 60.9 Å². The van der Waals surface area contributed by atoms with Crippen LogP contribution in [0.3, 0.4) is 0 Å². The van der Waals surface area contributed by atoms with Gasteiger partial charge >= 0.3 is 0 Å². The van der Waals surface area contributed by atoms with E-state index in [-0.39, 0.29) is 11.9 Å². The minimum Gasteiger partial charge on any atom is -0.369 e. The second-order valence-corrected chi connectivity index (χ2v) is 9.03. The molecule has 0 spiro atoms. The molecule has 3 aromatic rings.